The van der Waals surface area contributed by atoms with Crippen molar-refractivity contribution in [1.82, 2.24) is 15.2 Å². The van der Waals surface area contributed by atoms with Crippen LogP contribution in [0.15, 0.2) is 18.5 Å². The molecular weight excluding hydrogens is 214 g/mol. The highest BCUT2D eigenvalue weighted by atomic mass is 16.2. The van der Waals surface area contributed by atoms with E-state index in [0.717, 1.165) is 26.1 Å². The van der Waals surface area contributed by atoms with Crippen LogP contribution in [0.3, 0.4) is 0 Å². The topological polar surface area (TPSA) is 46.1 Å². The summed E-state index contributed by atoms with van der Waals surface area (Å²) >= 11 is 0. The minimum atomic E-state index is -0.147. The molecule has 0 aromatic carbocycles. The Kier molecular flexibility index (Phi) is 5.77. The van der Waals surface area contributed by atoms with Crippen molar-refractivity contribution in [2.45, 2.75) is 46.3 Å². The SMILES string of the molecule is CCCNC(=O)C(C)NCc1ccn(CC)c1. The van der Waals surface area contributed by atoms with Gasteiger partial charge in [0.05, 0.1) is 6.04 Å². The molecule has 1 atom stereocenters. The van der Waals surface area contributed by atoms with Crippen LogP contribution in [0.2, 0.25) is 0 Å². The summed E-state index contributed by atoms with van der Waals surface area (Å²) in [7, 11) is 0. The summed E-state index contributed by atoms with van der Waals surface area (Å²) in [6.07, 6.45) is 5.13. The van der Waals surface area contributed by atoms with Gasteiger partial charge in [-0.1, -0.05) is 6.92 Å². The van der Waals surface area contributed by atoms with E-state index in [1.807, 2.05) is 13.8 Å². The van der Waals surface area contributed by atoms with Crippen molar-refractivity contribution in [2.75, 3.05) is 6.54 Å². The molecule has 4 heteroatoms. The van der Waals surface area contributed by atoms with E-state index >= 15 is 0 Å². The maximum atomic E-state index is 11.6. The Morgan fingerprint density at radius 3 is 2.82 bits per heavy atom. The monoisotopic (exact) mass is 237 g/mol. The molecule has 0 saturated carbocycles. The number of hydrogen-bond acceptors (Lipinski definition) is 2. The van der Waals surface area contributed by atoms with Crippen LogP contribution in [-0.2, 0) is 17.9 Å². The van der Waals surface area contributed by atoms with E-state index in [1.54, 1.807) is 0 Å². The summed E-state index contributed by atoms with van der Waals surface area (Å²) in [4.78, 5) is 11.6. The zero-order valence-corrected chi connectivity index (χ0v) is 11.0. The van der Waals surface area contributed by atoms with Gasteiger partial charge in [0, 0.05) is 32.0 Å². The molecule has 1 aromatic rings. The van der Waals surface area contributed by atoms with Crippen molar-refractivity contribution >= 4 is 5.91 Å². The van der Waals surface area contributed by atoms with Crippen molar-refractivity contribution in [3.05, 3.63) is 24.0 Å². The predicted molar refractivity (Wildman–Crippen MR) is 69.7 cm³/mol. The highest BCUT2D eigenvalue weighted by Gasteiger charge is 2.10. The van der Waals surface area contributed by atoms with Crippen LogP contribution in [0.25, 0.3) is 0 Å². The second-order valence-corrected chi connectivity index (χ2v) is 4.24. The molecule has 0 spiro atoms. The highest BCUT2D eigenvalue weighted by Crippen LogP contribution is 2.01. The fourth-order valence-corrected chi connectivity index (χ4v) is 1.56. The molecule has 4 nitrogen and oxygen atoms in total. The Hall–Kier alpha value is -1.29. The molecule has 1 aromatic heterocycles. The summed E-state index contributed by atoms with van der Waals surface area (Å²) in [6, 6.07) is 1.93. The van der Waals surface area contributed by atoms with Gasteiger partial charge in [0.1, 0.15) is 0 Å². The third-order valence-electron chi connectivity index (χ3n) is 2.73. The van der Waals surface area contributed by atoms with Crippen LogP contribution < -0.4 is 10.6 Å². The highest BCUT2D eigenvalue weighted by molar-refractivity contribution is 5.81. The summed E-state index contributed by atoms with van der Waals surface area (Å²) in [5.74, 6) is 0.0711. The van der Waals surface area contributed by atoms with Gasteiger partial charge in [-0.05, 0) is 31.9 Å². The predicted octanol–water partition coefficient (Wildman–Crippen LogP) is 1.51. The van der Waals surface area contributed by atoms with Gasteiger partial charge in [-0.25, -0.2) is 0 Å². The second kappa shape index (κ2) is 7.12. The van der Waals surface area contributed by atoms with Gasteiger partial charge in [-0.2, -0.15) is 0 Å². The third kappa shape index (κ3) is 4.61. The first-order valence-electron chi connectivity index (χ1n) is 6.33. The van der Waals surface area contributed by atoms with Crippen LogP contribution in [0, 0.1) is 0 Å². The molecule has 0 aliphatic carbocycles. The van der Waals surface area contributed by atoms with Crippen LogP contribution >= 0.6 is 0 Å². The van der Waals surface area contributed by atoms with Crippen molar-refractivity contribution < 1.29 is 4.79 Å². The summed E-state index contributed by atoms with van der Waals surface area (Å²) in [6.45, 7) is 8.50. The lowest BCUT2D eigenvalue weighted by atomic mass is 10.2. The van der Waals surface area contributed by atoms with Crippen molar-refractivity contribution in [3.63, 3.8) is 0 Å². The summed E-state index contributed by atoms with van der Waals surface area (Å²) in [5, 5.41) is 6.10. The van der Waals surface area contributed by atoms with E-state index in [9.17, 15) is 4.79 Å². The Morgan fingerprint density at radius 2 is 2.24 bits per heavy atom. The van der Waals surface area contributed by atoms with Crippen LogP contribution in [0.5, 0.6) is 0 Å². The molecule has 0 aliphatic heterocycles. The minimum absolute atomic E-state index is 0.0711. The number of rotatable bonds is 7. The zero-order chi connectivity index (χ0) is 12.7. The maximum absolute atomic E-state index is 11.6. The van der Waals surface area contributed by atoms with E-state index in [4.69, 9.17) is 0 Å². The fourth-order valence-electron chi connectivity index (χ4n) is 1.56. The van der Waals surface area contributed by atoms with Crippen molar-refractivity contribution in [2.24, 2.45) is 0 Å². The largest absolute Gasteiger partial charge is 0.355 e. The molecule has 2 N–H and O–H groups in total. The van der Waals surface area contributed by atoms with E-state index in [1.165, 1.54) is 5.56 Å². The Morgan fingerprint density at radius 1 is 1.47 bits per heavy atom. The Bertz CT molecular complexity index is 346. The molecule has 0 saturated heterocycles. The fraction of sp³-hybridized carbons (Fsp3) is 0.615. The van der Waals surface area contributed by atoms with E-state index in [2.05, 4.69) is 40.6 Å². The number of nitrogens with one attached hydrogen (secondary N) is 2. The number of aromatic nitrogens is 1. The number of aryl methyl sites for hydroxylation is 1. The van der Waals surface area contributed by atoms with Gasteiger partial charge >= 0.3 is 0 Å². The molecule has 1 unspecified atom stereocenters. The Labute approximate surface area is 103 Å². The number of hydrogen-bond donors (Lipinski definition) is 2. The van der Waals surface area contributed by atoms with Crippen molar-refractivity contribution in [1.29, 1.82) is 0 Å². The molecule has 0 aliphatic rings. The van der Waals surface area contributed by atoms with Crippen LogP contribution in [-0.4, -0.2) is 23.1 Å². The van der Waals surface area contributed by atoms with Gasteiger partial charge < -0.3 is 15.2 Å². The molecular formula is C13H23N3O. The first-order chi connectivity index (χ1) is 8.17. The van der Waals surface area contributed by atoms with E-state index in [0.29, 0.717) is 0 Å². The zero-order valence-electron chi connectivity index (χ0n) is 11.0. The van der Waals surface area contributed by atoms with Crippen LogP contribution in [0.4, 0.5) is 0 Å². The molecule has 96 valence electrons. The Balaban J connectivity index is 2.31. The van der Waals surface area contributed by atoms with Gasteiger partial charge in [0.2, 0.25) is 5.91 Å². The number of carbonyl (C=O) groups is 1. The first kappa shape index (κ1) is 13.8. The quantitative estimate of drug-likeness (QED) is 0.755. The maximum Gasteiger partial charge on any atom is 0.236 e. The first-order valence-corrected chi connectivity index (χ1v) is 6.33. The number of carbonyl (C=O) groups excluding carboxylic acids is 1. The summed E-state index contributed by atoms with van der Waals surface area (Å²) < 4.78 is 2.12. The van der Waals surface area contributed by atoms with E-state index < -0.39 is 0 Å². The summed E-state index contributed by atoms with van der Waals surface area (Å²) in [5.41, 5.74) is 1.21. The molecule has 1 rings (SSSR count). The number of amides is 1. The average Bonchev–Trinajstić information content (AvgIpc) is 2.80. The molecule has 0 radical (unpaired) electrons. The lowest BCUT2D eigenvalue weighted by molar-refractivity contribution is -0.122. The molecule has 0 bridgehead atoms. The normalized spacial score (nSPS) is 12.4. The van der Waals surface area contributed by atoms with Gasteiger partial charge in [-0.3, -0.25) is 4.79 Å². The lowest BCUT2D eigenvalue weighted by Gasteiger charge is -2.13. The molecule has 0 fully saturated rings. The van der Waals surface area contributed by atoms with Crippen molar-refractivity contribution in [3.8, 4) is 0 Å². The average molecular weight is 237 g/mol. The van der Waals surface area contributed by atoms with Gasteiger partial charge in [-0.15, -0.1) is 0 Å². The van der Waals surface area contributed by atoms with Crippen LogP contribution in [0.1, 0.15) is 32.8 Å². The van der Waals surface area contributed by atoms with Gasteiger partial charge in [0.15, 0.2) is 0 Å². The van der Waals surface area contributed by atoms with Gasteiger partial charge in [0.25, 0.3) is 0 Å². The second-order valence-electron chi connectivity index (χ2n) is 4.24. The standard InChI is InChI=1S/C13H23N3O/c1-4-7-14-13(17)11(3)15-9-12-6-8-16(5-2)10-12/h6,8,10-11,15H,4-5,7,9H2,1-3H3,(H,14,17). The molecule has 1 amide bonds. The van der Waals surface area contributed by atoms with E-state index in [-0.39, 0.29) is 11.9 Å². The smallest absolute Gasteiger partial charge is 0.236 e. The number of nitrogens with zero attached hydrogens (tertiary/aromatic N) is 1. The third-order valence-corrected chi connectivity index (χ3v) is 2.73. The molecule has 1 heterocycles. The minimum Gasteiger partial charge on any atom is -0.355 e. The lowest BCUT2D eigenvalue weighted by Crippen LogP contribution is -2.42. The molecule has 17 heavy (non-hydrogen) atoms.